The van der Waals surface area contributed by atoms with Gasteiger partial charge >= 0.3 is 0 Å². The molecule has 3 heterocycles. The Morgan fingerprint density at radius 2 is 2.28 bits per heavy atom. The lowest BCUT2D eigenvalue weighted by molar-refractivity contribution is 0.102. The summed E-state index contributed by atoms with van der Waals surface area (Å²) >= 11 is 0. The van der Waals surface area contributed by atoms with Crippen molar-refractivity contribution in [3.05, 3.63) is 41.9 Å². The molecular formula is C18H21N5O2. The zero-order chi connectivity index (χ0) is 17.4. The number of carbonyl (C=O) groups is 1. The highest BCUT2D eigenvalue weighted by molar-refractivity contribution is 6.05. The summed E-state index contributed by atoms with van der Waals surface area (Å²) < 4.78 is 7.71. The van der Waals surface area contributed by atoms with Crippen molar-refractivity contribution in [2.24, 2.45) is 0 Å². The van der Waals surface area contributed by atoms with Gasteiger partial charge in [0.15, 0.2) is 5.82 Å². The summed E-state index contributed by atoms with van der Waals surface area (Å²) in [6.45, 7) is 4.97. The predicted molar refractivity (Wildman–Crippen MR) is 94.6 cm³/mol. The maximum atomic E-state index is 12.5. The van der Waals surface area contributed by atoms with E-state index in [1.54, 1.807) is 0 Å². The number of anilines is 1. The van der Waals surface area contributed by atoms with Crippen molar-refractivity contribution in [1.82, 2.24) is 19.7 Å². The third-order valence-electron chi connectivity index (χ3n) is 4.50. The van der Waals surface area contributed by atoms with Gasteiger partial charge in [-0.3, -0.25) is 15.2 Å². The van der Waals surface area contributed by atoms with Gasteiger partial charge in [-0.2, -0.15) is 4.98 Å². The first-order valence-corrected chi connectivity index (χ1v) is 8.57. The van der Waals surface area contributed by atoms with E-state index in [1.165, 1.54) is 0 Å². The highest BCUT2D eigenvalue weighted by Crippen LogP contribution is 2.26. The summed E-state index contributed by atoms with van der Waals surface area (Å²) in [7, 11) is 0. The monoisotopic (exact) mass is 339 g/mol. The van der Waals surface area contributed by atoms with Gasteiger partial charge in [-0.05, 0) is 50.3 Å². The molecule has 1 aliphatic heterocycles. The minimum Gasteiger partial charge on any atom is -0.370 e. The van der Waals surface area contributed by atoms with Gasteiger partial charge in [-0.1, -0.05) is 6.07 Å². The van der Waals surface area contributed by atoms with Crippen molar-refractivity contribution in [3.8, 4) is 0 Å². The molecule has 130 valence electrons. The van der Waals surface area contributed by atoms with Crippen LogP contribution < -0.4 is 5.32 Å². The van der Waals surface area contributed by atoms with Crippen molar-refractivity contribution in [2.75, 3.05) is 11.9 Å². The molecule has 1 amide bonds. The Morgan fingerprint density at radius 1 is 1.40 bits per heavy atom. The van der Waals surface area contributed by atoms with Crippen molar-refractivity contribution < 1.29 is 9.53 Å². The first-order chi connectivity index (χ1) is 12.1. The van der Waals surface area contributed by atoms with Crippen LogP contribution in [0.5, 0.6) is 0 Å². The Labute approximate surface area is 145 Å². The fraction of sp³-hybridized carbons (Fsp3) is 0.389. The van der Waals surface area contributed by atoms with Crippen LogP contribution >= 0.6 is 0 Å². The maximum absolute atomic E-state index is 12.5. The Bertz CT molecular complexity index is 905. The number of hydrogen-bond acceptors (Lipinski definition) is 4. The van der Waals surface area contributed by atoms with E-state index in [2.05, 4.69) is 45.0 Å². The zero-order valence-corrected chi connectivity index (χ0v) is 14.3. The Morgan fingerprint density at radius 3 is 3.04 bits per heavy atom. The number of amides is 1. The van der Waals surface area contributed by atoms with E-state index >= 15 is 0 Å². The van der Waals surface area contributed by atoms with E-state index in [-0.39, 0.29) is 18.0 Å². The summed E-state index contributed by atoms with van der Waals surface area (Å²) in [5, 5.41) is 10.8. The second-order valence-corrected chi connectivity index (χ2v) is 6.59. The topological polar surface area (TPSA) is 84.8 Å². The molecule has 0 unspecified atom stereocenters. The van der Waals surface area contributed by atoms with Gasteiger partial charge in [0.1, 0.15) is 6.10 Å². The highest BCUT2D eigenvalue weighted by Gasteiger charge is 2.22. The first kappa shape index (κ1) is 15.8. The first-order valence-electron chi connectivity index (χ1n) is 8.57. The molecule has 3 aromatic rings. The number of carbonyl (C=O) groups excluding carboxylic acids is 1. The van der Waals surface area contributed by atoms with Crippen molar-refractivity contribution >= 4 is 22.8 Å². The summed E-state index contributed by atoms with van der Waals surface area (Å²) in [6, 6.07) is 8.06. The van der Waals surface area contributed by atoms with Crippen molar-refractivity contribution in [2.45, 2.75) is 38.8 Å². The van der Waals surface area contributed by atoms with Gasteiger partial charge in [-0.15, -0.1) is 5.10 Å². The summed E-state index contributed by atoms with van der Waals surface area (Å²) in [5.74, 6) is 0.711. The van der Waals surface area contributed by atoms with Crippen molar-refractivity contribution in [3.63, 3.8) is 0 Å². The third kappa shape index (κ3) is 3.02. The molecule has 2 N–H and O–H groups in total. The summed E-state index contributed by atoms with van der Waals surface area (Å²) in [5.41, 5.74) is 1.62. The van der Waals surface area contributed by atoms with Crippen LogP contribution in [0.4, 0.5) is 5.95 Å². The van der Waals surface area contributed by atoms with Crippen LogP contribution in [0.25, 0.3) is 10.9 Å². The van der Waals surface area contributed by atoms with Gasteiger partial charge in [0.25, 0.3) is 5.91 Å². The molecule has 1 aromatic carbocycles. The standard InChI is InChI=1S/C18H21N5O2/c1-11(2)23-8-7-12-5-6-13(10-14(12)23)17(24)20-18-19-16(21-22-18)15-4-3-9-25-15/h5-8,10-11,15H,3-4,9H2,1-2H3,(H2,19,20,21,22,24)/t15-/m0/s1. The summed E-state index contributed by atoms with van der Waals surface area (Å²) in [4.78, 5) is 16.9. The molecule has 0 radical (unpaired) electrons. The molecule has 1 aliphatic rings. The second-order valence-electron chi connectivity index (χ2n) is 6.59. The molecule has 1 saturated heterocycles. The number of rotatable bonds is 4. The Kier molecular flexibility index (Phi) is 4.01. The number of fused-ring (bicyclic) bond motifs is 1. The Balaban J connectivity index is 1.54. The van der Waals surface area contributed by atoms with E-state index in [9.17, 15) is 4.79 Å². The number of aromatic amines is 1. The number of aromatic nitrogens is 4. The van der Waals surface area contributed by atoms with E-state index in [0.29, 0.717) is 17.4 Å². The smallest absolute Gasteiger partial charge is 0.258 e. The molecule has 2 aromatic heterocycles. The number of benzene rings is 1. The molecule has 0 bridgehead atoms. The summed E-state index contributed by atoms with van der Waals surface area (Å²) in [6.07, 6.45) is 3.93. The van der Waals surface area contributed by atoms with Crippen LogP contribution in [0.3, 0.4) is 0 Å². The minimum absolute atomic E-state index is 0.0520. The Hall–Kier alpha value is -2.67. The van der Waals surface area contributed by atoms with Gasteiger partial charge in [0.2, 0.25) is 5.95 Å². The number of hydrogen-bond donors (Lipinski definition) is 2. The van der Waals surface area contributed by atoms with Gasteiger partial charge in [0.05, 0.1) is 0 Å². The largest absolute Gasteiger partial charge is 0.370 e. The molecule has 25 heavy (non-hydrogen) atoms. The number of H-pyrrole nitrogens is 1. The van der Waals surface area contributed by atoms with Gasteiger partial charge in [-0.25, -0.2) is 0 Å². The van der Waals surface area contributed by atoms with Gasteiger partial charge in [0, 0.05) is 29.9 Å². The highest BCUT2D eigenvalue weighted by atomic mass is 16.5. The minimum atomic E-state index is -0.226. The molecule has 0 spiro atoms. The van der Waals surface area contributed by atoms with E-state index in [0.717, 1.165) is 30.4 Å². The SMILES string of the molecule is CC(C)n1ccc2ccc(C(=O)Nc3n[nH]c([C@@H]4CCCO4)n3)cc21. The van der Waals surface area contributed by atoms with Crippen LogP contribution in [0.15, 0.2) is 30.5 Å². The molecule has 1 fully saturated rings. The van der Waals surface area contributed by atoms with Crippen LogP contribution in [-0.4, -0.2) is 32.3 Å². The quantitative estimate of drug-likeness (QED) is 0.762. The average molecular weight is 339 g/mol. The number of nitrogens with zero attached hydrogens (tertiary/aromatic N) is 3. The van der Waals surface area contributed by atoms with Crippen molar-refractivity contribution in [1.29, 1.82) is 0 Å². The van der Waals surface area contributed by atoms with E-state index < -0.39 is 0 Å². The molecule has 4 rings (SSSR count). The second kappa shape index (κ2) is 6.33. The molecule has 0 aliphatic carbocycles. The average Bonchev–Trinajstić information content (AvgIpc) is 3.33. The number of nitrogens with one attached hydrogen (secondary N) is 2. The maximum Gasteiger partial charge on any atom is 0.258 e. The van der Waals surface area contributed by atoms with E-state index in [4.69, 9.17) is 4.74 Å². The van der Waals surface area contributed by atoms with Crippen LogP contribution in [0, 0.1) is 0 Å². The predicted octanol–water partition coefficient (Wildman–Crippen LogP) is 3.44. The van der Waals surface area contributed by atoms with Gasteiger partial charge < -0.3 is 9.30 Å². The molecule has 7 nitrogen and oxygen atoms in total. The molecular weight excluding hydrogens is 318 g/mol. The molecule has 7 heteroatoms. The molecule has 0 saturated carbocycles. The van der Waals surface area contributed by atoms with E-state index in [1.807, 2.05) is 24.4 Å². The lowest BCUT2D eigenvalue weighted by atomic mass is 10.1. The zero-order valence-electron chi connectivity index (χ0n) is 14.3. The van der Waals surface area contributed by atoms with Crippen LogP contribution in [-0.2, 0) is 4.74 Å². The normalized spacial score (nSPS) is 17.5. The van der Waals surface area contributed by atoms with Crippen LogP contribution in [0.2, 0.25) is 0 Å². The lowest BCUT2D eigenvalue weighted by Gasteiger charge is -2.10. The molecule has 1 atom stereocenters. The fourth-order valence-electron chi connectivity index (χ4n) is 3.18. The number of ether oxygens (including phenoxy) is 1. The lowest BCUT2D eigenvalue weighted by Crippen LogP contribution is -2.13. The fourth-order valence-corrected chi connectivity index (χ4v) is 3.18. The van der Waals surface area contributed by atoms with Crippen LogP contribution in [0.1, 0.15) is 55.0 Å². The third-order valence-corrected chi connectivity index (χ3v) is 4.50.